The number of hydrogen-bond acceptors (Lipinski definition) is 20. The largest absolute Gasteiger partial charge is 0.505 e. The standard InChI is InChI=1S/C42H27N9O17S4/c52-36-20-37(53)34(19-33(36)47-43-22-5-7-23(8-6-22)51(55)56)48-49-35-18-25(70(60,61)62)15-21-16-39(72(66,67)68)41(42(54)40(21)35)50-46-30-11-12-32(29-17-24(69(57,58)59)9-10-27(29)30)45-44-31-13-14-38(71(63,64)65)28-4-2-1-3-26(28)31/h1-20,49,52H,(H,57,58,59)(H,60,61,62)(H2,63,64,65)(H,66,67,68). The third-order valence-electron chi connectivity index (χ3n) is 10.3. The zero-order valence-electron chi connectivity index (χ0n) is 35.4. The SMILES string of the molecule is O=C1C=C(O)C(N=Nc2ccc([N+](=O)[O-])cc2)=CC1=NNc1cc(S(=O)(=O)O)cc2c1C(=O)C(=NN=C1C=CC(=NN=C3C=CC(=S(=O)(O)O)c4ccccc43)c3cc(S(=O)(=O)O)ccc31)C(S(=O)(=O)O)=C2. The summed E-state index contributed by atoms with van der Waals surface area (Å²) in [4.78, 5) is 34.5. The molecule has 26 nitrogen and oxygen atoms in total. The van der Waals surface area contributed by atoms with Crippen LogP contribution in [0, 0.1) is 10.1 Å². The quantitative estimate of drug-likeness (QED) is 0.0277. The molecule has 0 aliphatic heterocycles. The van der Waals surface area contributed by atoms with Gasteiger partial charge < -0.3 is 5.11 Å². The lowest BCUT2D eigenvalue weighted by Gasteiger charge is -2.19. The fourth-order valence-corrected chi connectivity index (χ4v) is 9.39. The predicted molar refractivity (Wildman–Crippen MR) is 258 cm³/mol. The Morgan fingerprint density at radius 3 is 1.79 bits per heavy atom. The van der Waals surface area contributed by atoms with E-state index in [1.54, 1.807) is 12.1 Å². The average molecular weight is 1060 g/mol. The fourth-order valence-electron chi connectivity index (χ4n) is 6.98. The average Bonchev–Trinajstić information content (AvgIpc) is 3.30. The van der Waals surface area contributed by atoms with Gasteiger partial charge >= 0.3 is 0 Å². The molecule has 4 aliphatic rings. The minimum atomic E-state index is -5.44. The summed E-state index contributed by atoms with van der Waals surface area (Å²) in [5.74, 6) is -3.02. The third kappa shape index (κ3) is 10.4. The maximum Gasteiger partial charge on any atom is 0.296 e. The van der Waals surface area contributed by atoms with Crippen molar-refractivity contribution in [2.24, 2.45) is 35.7 Å². The Labute approximate surface area is 404 Å². The van der Waals surface area contributed by atoms with Crippen molar-refractivity contribution in [2.75, 3.05) is 5.43 Å². The highest BCUT2D eigenvalue weighted by atomic mass is 32.2. The summed E-state index contributed by atoms with van der Waals surface area (Å²) in [6, 6.07) is 15.3. The molecule has 0 radical (unpaired) electrons. The Bertz CT molecular complexity index is 4000. The van der Waals surface area contributed by atoms with Crippen LogP contribution in [-0.2, 0) is 45.2 Å². The van der Waals surface area contributed by atoms with Crippen molar-refractivity contribution in [1.29, 1.82) is 0 Å². The molecule has 0 saturated carbocycles. The van der Waals surface area contributed by atoms with Crippen LogP contribution in [0.5, 0.6) is 0 Å². The Morgan fingerprint density at radius 1 is 0.583 bits per heavy atom. The number of azo groups is 1. The van der Waals surface area contributed by atoms with Crippen LogP contribution in [0.4, 0.5) is 17.1 Å². The van der Waals surface area contributed by atoms with Gasteiger partial charge in [-0.15, -0.1) is 25.5 Å². The molecule has 4 aliphatic carbocycles. The number of carbonyl (C=O) groups excluding carboxylic acids is 2. The van der Waals surface area contributed by atoms with Gasteiger partial charge in [0.15, 0.2) is 5.71 Å². The number of carbonyl (C=O) groups is 2. The molecule has 0 fully saturated rings. The van der Waals surface area contributed by atoms with Gasteiger partial charge in [-0.05, 0) is 72.3 Å². The van der Waals surface area contributed by atoms with Crippen LogP contribution >= 0.6 is 0 Å². The molecule has 0 aromatic heterocycles. The molecular weight excluding hydrogens is 1030 g/mol. The van der Waals surface area contributed by atoms with E-state index in [0.29, 0.717) is 24.3 Å². The van der Waals surface area contributed by atoms with E-state index in [1.165, 1.54) is 42.5 Å². The number of aliphatic hydroxyl groups excluding tert-OH is 1. The molecule has 0 bridgehead atoms. The van der Waals surface area contributed by atoms with Gasteiger partial charge in [0.25, 0.3) is 36.0 Å². The molecule has 7 N–H and O–H groups in total. The molecule has 4 aromatic carbocycles. The van der Waals surface area contributed by atoms with Gasteiger partial charge in [-0.25, -0.2) is 4.21 Å². The van der Waals surface area contributed by atoms with E-state index in [-0.39, 0.29) is 61.3 Å². The van der Waals surface area contributed by atoms with Crippen molar-refractivity contribution >= 4 is 109 Å². The molecule has 0 amide bonds. The second kappa shape index (κ2) is 18.7. The van der Waals surface area contributed by atoms with Gasteiger partial charge in [-0.1, -0.05) is 30.3 Å². The highest BCUT2D eigenvalue weighted by molar-refractivity contribution is 7.92. The number of ketones is 2. The lowest BCUT2D eigenvalue weighted by Crippen LogP contribution is -2.27. The van der Waals surface area contributed by atoms with Crippen molar-refractivity contribution < 1.29 is 71.8 Å². The number of allylic oxidation sites excluding steroid dienone is 7. The maximum atomic E-state index is 14.4. The van der Waals surface area contributed by atoms with E-state index in [1.807, 2.05) is 0 Å². The fraction of sp³-hybridized carbons (Fsp3) is 0. The highest BCUT2D eigenvalue weighted by Gasteiger charge is 2.36. The number of aliphatic hydroxyl groups is 1. The summed E-state index contributed by atoms with van der Waals surface area (Å²) in [6.07, 6.45) is 7.08. The number of hydrogen-bond donors (Lipinski definition) is 7. The van der Waals surface area contributed by atoms with Crippen molar-refractivity contribution in [3.63, 3.8) is 0 Å². The Morgan fingerprint density at radius 2 is 1.18 bits per heavy atom. The topological polar surface area (TPSA) is 417 Å². The first-order chi connectivity index (χ1) is 33.8. The number of anilines is 1. The van der Waals surface area contributed by atoms with Crippen molar-refractivity contribution in [3.8, 4) is 0 Å². The maximum absolute atomic E-state index is 14.4. The second-order valence-corrected chi connectivity index (χ2v) is 20.6. The lowest BCUT2D eigenvalue weighted by molar-refractivity contribution is -0.384. The van der Waals surface area contributed by atoms with Crippen molar-refractivity contribution in [1.82, 2.24) is 0 Å². The second-order valence-electron chi connectivity index (χ2n) is 14.9. The van der Waals surface area contributed by atoms with Crippen molar-refractivity contribution in [3.05, 3.63) is 175 Å². The first kappa shape index (κ1) is 49.9. The van der Waals surface area contributed by atoms with Crippen LogP contribution in [-0.4, -0.2) is 107 Å². The summed E-state index contributed by atoms with van der Waals surface area (Å²) in [5, 5.41) is 49.3. The monoisotopic (exact) mass is 1060 g/mol. The summed E-state index contributed by atoms with van der Waals surface area (Å²) in [5.41, 5.74) is -1.43. The van der Waals surface area contributed by atoms with E-state index in [2.05, 4.69) is 41.2 Å². The summed E-state index contributed by atoms with van der Waals surface area (Å²) >= 11 is 0. The highest BCUT2D eigenvalue weighted by Crippen LogP contribution is 2.34. The normalized spacial score (nSPS) is 18.9. The van der Waals surface area contributed by atoms with Gasteiger partial charge in [0.1, 0.15) is 22.1 Å². The van der Waals surface area contributed by atoms with Crippen LogP contribution in [0.25, 0.3) is 6.08 Å². The van der Waals surface area contributed by atoms with E-state index in [4.69, 9.17) is 0 Å². The third-order valence-corrected chi connectivity index (χ3v) is 13.8. The summed E-state index contributed by atoms with van der Waals surface area (Å²) < 4.78 is 137. The number of hydrazone groups is 1. The Kier molecular flexibility index (Phi) is 13.0. The first-order valence-electron chi connectivity index (χ1n) is 19.6. The Hall–Kier alpha value is -8.46. The summed E-state index contributed by atoms with van der Waals surface area (Å²) in [7, 11) is -19.9. The number of non-ortho nitro benzene ring substituents is 1. The van der Waals surface area contributed by atoms with Gasteiger partial charge in [0.05, 0.1) is 53.7 Å². The van der Waals surface area contributed by atoms with E-state index >= 15 is 0 Å². The zero-order valence-corrected chi connectivity index (χ0v) is 38.7. The van der Waals surface area contributed by atoms with Crippen LogP contribution in [0.15, 0.2) is 177 Å². The number of nitro groups is 1. The molecule has 30 heteroatoms. The molecule has 0 saturated heterocycles. The summed E-state index contributed by atoms with van der Waals surface area (Å²) in [6.45, 7) is 0. The van der Waals surface area contributed by atoms with Crippen LogP contribution in [0.3, 0.4) is 0 Å². The first-order valence-corrected chi connectivity index (χ1v) is 25.4. The van der Waals surface area contributed by atoms with Gasteiger partial charge in [0, 0.05) is 46.5 Å². The number of fused-ring (bicyclic) bond motifs is 3. The molecule has 0 spiro atoms. The molecule has 0 heterocycles. The molecule has 0 atom stereocenters. The predicted octanol–water partition coefficient (Wildman–Crippen LogP) is 4.90. The number of nitro benzene ring substituents is 1. The van der Waals surface area contributed by atoms with Gasteiger partial charge in [-0.3, -0.25) is 47.9 Å². The van der Waals surface area contributed by atoms with Crippen LogP contribution < -0.4 is 5.43 Å². The Balaban J connectivity index is 1.20. The molecular formula is C42H27N9O17S4. The number of nitrogens with zero attached hydrogens (tertiary/aromatic N) is 8. The number of benzene rings is 4. The van der Waals surface area contributed by atoms with Crippen molar-refractivity contribution in [2.45, 2.75) is 9.79 Å². The number of nitrogens with one attached hydrogen (secondary N) is 1. The van der Waals surface area contributed by atoms with E-state index in [0.717, 1.165) is 42.5 Å². The smallest absolute Gasteiger partial charge is 0.296 e. The molecule has 4 aromatic rings. The van der Waals surface area contributed by atoms with E-state index < -0.39 is 106 Å². The number of rotatable bonds is 10. The minimum Gasteiger partial charge on any atom is -0.505 e. The molecule has 0 unspecified atom stereocenters. The van der Waals surface area contributed by atoms with Crippen LogP contribution in [0.1, 0.15) is 38.2 Å². The number of Topliss-reactive ketones (excluding diaryl/α,β-unsaturated/α-hetero) is 1. The molecule has 366 valence electrons. The minimum absolute atomic E-state index is 0.00217. The van der Waals surface area contributed by atoms with Gasteiger partial charge in [-0.2, -0.15) is 35.5 Å². The zero-order chi connectivity index (χ0) is 52.1. The van der Waals surface area contributed by atoms with Crippen LogP contribution in [0.2, 0.25) is 0 Å². The molecule has 72 heavy (non-hydrogen) atoms. The van der Waals surface area contributed by atoms with Gasteiger partial charge in [0.2, 0.25) is 21.6 Å². The molecule has 8 rings (SSSR count). The lowest BCUT2D eigenvalue weighted by atomic mass is 9.93. The van der Waals surface area contributed by atoms with E-state index in [9.17, 15) is 77.0 Å².